The average Bonchev–Trinajstić information content (AvgIpc) is 3.07. The fourth-order valence-electron chi connectivity index (χ4n) is 2.53. The molecular weight excluding hydrogens is 190 g/mol. The molecule has 0 radical (unpaired) electrons. The number of rotatable bonds is 1. The first-order valence-corrected chi connectivity index (χ1v) is 5.24. The van der Waals surface area contributed by atoms with Crippen LogP contribution in [0, 0.1) is 5.92 Å². The summed E-state index contributed by atoms with van der Waals surface area (Å²) in [5.41, 5.74) is 2.44. The Morgan fingerprint density at radius 2 is 2.27 bits per heavy atom. The highest BCUT2D eigenvalue weighted by atomic mass is 16.5. The monoisotopic (exact) mass is 203 g/mol. The molecule has 3 atom stereocenters. The molecule has 0 saturated heterocycles. The number of carbonyl (C=O) groups excluding carboxylic acids is 1. The summed E-state index contributed by atoms with van der Waals surface area (Å²) < 4.78 is 4.80. The Morgan fingerprint density at radius 1 is 1.47 bits per heavy atom. The number of esters is 1. The number of nitrogens with one attached hydrogen (secondary N) is 1. The van der Waals surface area contributed by atoms with Crippen LogP contribution in [-0.4, -0.2) is 19.1 Å². The molecule has 3 unspecified atom stereocenters. The fraction of sp³-hybridized carbons (Fsp3) is 0.417. The lowest BCUT2D eigenvalue weighted by Crippen LogP contribution is -2.35. The highest BCUT2D eigenvalue weighted by molar-refractivity contribution is 5.82. The zero-order valence-corrected chi connectivity index (χ0v) is 8.57. The van der Waals surface area contributed by atoms with Crippen molar-refractivity contribution in [3.8, 4) is 0 Å². The van der Waals surface area contributed by atoms with Crippen molar-refractivity contribution in [3.63, 3.8) is 0 Å². The van der Waals surface area contributed by atoms with Crippen LogP contribution in [0.5, 0.6) is 0 Å². The smallest absolute Gasteiger partial charge is 0.328 e. The van der Waals surface area contributed by atoms with Gasteiger partial charge in [0.05, 0.1) is 7.11 Å². The Kier molecular flexibility index (Phi) is 1.75. The topological polar surface area (TPSA) is 38.3 Å². The van der Waals surface area contributed by atoms with Gasteiger partial charge in [-0.25, -0.2) is 4.79 Å². The van der Waals surface area contributed by atoms with Gasteiger partial charge in [0.2, 0.25) is 0 Å². The molecular formula is C12H13NO2. The average molecular weight is 203 g/mol. The van der Waals surface area contributed by atoms with E-state index in [1.807, 2.05) is 18.2 Å². The predicted octanol–water partition coefficient (Wildman–Crippen LogP) is 1.76. The van der Waals surface area contributed by atoms with Crippen LogP contribution in [0.25, 0.3) is 0 Å². The van der Waals surface area contributed by atoms with E-state index in [1.54, 1.807) is 0 Å². The summed E-state index contributed by atoms with van der Waals surface area (Å²) in [6.07, 6.45) is 1.10. The van der Waals surface area contributed by atoms with E-state index in [1.165, 1.54) is 12.7 Å². The SMILES string of the molecule is COC(=O)C1Nc2ccccc2C2CC12. The minimum Gasteiger partial charge on any atom is -0.467 e. The van der Waals surface area contributed by atoms with Gasteiger partial charge < -0.3 is 10.1 Å². The number of fused-ring (bicyclic) bond motifs is 3. The summed E-state index contributed by atoms with van der Waals surface area (Å²) in [7, 11) is 1.45. The zero-order chi connectivity index (χ0) is 10.4. The molecule has 1 aliphatic heterocycles. The van der Waals surface area contributed by atoms with Crippen LogP contribution >= 0.6 is 0 Å². The summed E-state index contributed by atoms with van der Waals surface area (Å²) in [5, 5.41) is 3.26. The molecule has 0 spiro atoms. The van der Waals surface area contributed by atoms with Crippen LogP contribution in [0.1, 0.15) is 17.9 Å². The van der Waals surface area contributed by atoms with Gasteiger partial charge in [0, 0.05) is 5.69 Å². The maximum atomic E-state index is 11.5. The van der Waals surface area contributed by atoms with Gasteiger partial charge in [-0.05, 0) is 29.9 Å². The first-order valence-electron chi connectivity index (χ1n) is 5.24. The minimum absolute atomic E-state index is 0.142. The van der Waals surface area contributed by atoms with Gasteiger partial charge >= 0.3 is 5.97 Å². The molecule has 1 heterocycles. The van der Waals surface area contributed by atoms with Crippen molar-refractivity contribution in [1.29, 1.82) is 0 Å². The molecule has 78 valence electrons. The van der Waals surface area contributed by atoms with Crippen molar-refractivity contribution < 1.29 is 9.53 Å². The molecule has 0 bridgehead atoms. The van der Waals surface area contributed by atoms with Gasteiger partial charge in [-0.2, -0.15) is 0 Å². The number of carbonyl (C=O) groups is 1. The maximum Gasteiger partial charge on any atom is 0.328 e. The van der Waals surface area contributed by atoms with E-state index < -0.39 is 0 Å². The van der Waals surface area contributed by atoms with E-state index in [0.29, 0.717) is 11.8 Å². The molecule has 0 aromatic heterocycles. The number of benzene rings is 1. The number of anilines is 1. The van der Waals surface area contributed by atoms with Gasteiger partial charge in [-0.15, -0.1) is 0 Å². The van der Waals surface area contributed by atoms with Crippen LogP contribution in [0.4, 0.5) is 5.69 Å². The van der Waals surface area contributed by atoms with Crippen molar-refractivity contribution in [2.24, 2.45) is 5.92 Å². The lowest BCUT2D eigenvalue weighted by atomic mass is 9.98. The van der Waals surface area contributed by atoms with E-state index in [4.69, 9.17) is 4.74 Å². The van der Waals surface area contributed by atoms with Crippen LogP contribution in [0.15, 0.2) is 24.3 Å². The molecule has 3 rings (SSSR count). The first kappa shape index (κ1) is 8.77. The fourth-order valence-corrected chi connectivity index (χ4v) is 2.53. The minimum atomic E-state index is -0.144. The van der Waals surface area contributed by atoms with Gasteiger partial charge in [0.25, 0.3) is 0 Å². The van der Waals surface area contributed by atoms with Gasteiger partial charge in [0.15, 0.2) is 0 Å². The summed E-state index contributed by atoms with van der Waals surface area (Å²) >= 11 is 0. The second-order valence-corrected chi connectivity index (χ2v) is 4.24. The number of methoxy groups -OCH3 is 1. The maximum absolute atomic E-state index is 11.5. The number of hydrogen-bond acceptors (Lipinski definition) is 3. The predicted molar refractivity (Wildman–Crippen MR) is 56.7 cm³/mol. The van der Waals surface area contributed by atoms with Gasteiger partial charge in [-0.1, -0.05) is 18.2 Å². The lowest BCUT2D eigenvalue weighted by molar-refractivity contribution is -0.142. The van der Waals surface area contributed by atoms with Crippen LogP contribution < -0.4 is 5.32 Å². The zero-order valence-electron chi connectivity index (χ0n) is 8.57. The molecule has 0 amide bonds. The van der Waals surface area contributed by atoms with Gasteiger partial charge in [-0.3, -0.25) is 0 Å². The Bertz CT molecular complexity index is 416. The Balaban J connectivity index is 1.94. The van der Waals surface area contributed by atoms with E-state index in [2.05, 4.69) is 11.4 Å². The lowest BCUT2D eigenvalue weighted by Gasteiger charge is -2.24. The summed E-state index contributed by atoms with van der Waals surface area (Å²) in [6, 6.07) is 8.06. The van der Waals surface area contributed by atoms with Crippen molar-refractivity contribution in [2.45, 2.75) is 18.4 Å². The Hall–Kier alpha value is -1.51. The number of ether oxygens (including phenoxy) is 1. The van der Waals surface area contributed by atoms with Crippen LogP contribution in [-0.2, 0) is 9.53 Å². The second-order valence-electron chi connectivity index (χ2n) is 4.24. The molecule has 1 saturated carbocycles. The van der Waals surface area contributed by atoms with Crippen molar-refractivity contribution >= 4 is 11.7 Å². The first-order chi connectivity index (χ1) is 7.31. The Labute approximate surface area is 88.4 Å². The standard InChI is InChI=1S/C12H13NO2/c1-15-12(14)11-9-6-8(9)7-4-2-3-5-10(7)13-11/h2-5,8-9,11,13H,6H2,1H3. The summed E-state index contributed by atoms with van der Waals surface area (Å²) in [6.45, 7) is 0. The van der Waals surface area contributed by atoms with E-state index >= 15 is 0 Å². The molecule has 3 heteroatoms. The third-order valence-corrected chi connectivity index (χ3v) is 3.39. The van der Waals surface area contributed by atoms with Crippen molar-refractivity contribution in [1.82, 2.24) is 0 Å². The van der Waals surface area contributed by atoms with Crippen LogP contribution in [0.2, 0.25) is 0 Å². The van der Waals surface area contributed by atoms with Gasteiger partial charge in [0.1, 0.15) is 6.04 Å². The van der Waals surface area contributed by atoms with Crippen molar-refractivity contribution in [3.05, 3.63) is 29.8 Å². The normalized spacial score (nSPS) is 30.9. The molecule has 15 heavy (non-hydrogen) atoms. The van der Waals surface area contributed by atoms with Crippen LogP contribution in [0.3, 0.4) is 0 Å². The molecule has 2 aliphatic rings. The molecule has 3 nitrogen and oxygen atoms in total. The largest absolute Gasteiger partial charge is 0.467 e. The van der Waals surface area contributed by atoms with E-state index in [0.717, 1.165) is 12.1 Å². The third kappa shape index (κ3) is 1.23. The number of hydrogen-bond donors (Lipinski definition) is 1. The quantitative estimate of drug-likeness (QED) is 0.707. The molecule has 1 aliphatic carbocycles. The molecule has 1 N–H and O–H groups in total. The van der Waals surface area contributed by atoms with E-state index in [9.17, 15) is 4.79 Å². The number of para-hydroxylation sites is 1. The Morgan fingerprint density at radius 3 is 3.07 bits per heavy atom. The highest BCUT2D eigenvalue weighted by Crippen LogP contribution is 2.55. The summed E-state index contributed by atoms with van der Waals surface area (Å²) in [4.78, 5) is 11.5. The molecule has 1 aromatic carbocycles. The third-order valence-electron chi connectivity index (χ3n) is 3.39. The van der Waals surface area contributed by atoms with Crippen molar-refractivity contribution in [2.75, 3.05) is 12.4 Å². The highest BCUT2D eigenvalue weighted by Gasteiger charge is 2.51. The molecule has 1 fully saturated rings. The van der Waals surface area contributed by atoms with E-state index in [-0.39, 0.29) is 12.0 Å². The second kappa shape index (κ2) is 2.99. The molecule has 1 aromatic rings. The summed E-state index contributed by atoms with van der Waals surface area (Å²) in [5.74, 6) is 0.857.